The number of likely N-dealkylation sites (tertiary alicyclic amines) is 1. The normalized spacial score (nSPS) is 21.0. The molecule has 4 nitrogen and oxygen atoms in total. The number of rotatable bonds is 3. The Balaban J connectivity index is 1.67. The fourth-order valence-electron chi connectivity index (χ4n) is 3.78. The molecule has 5 heteroatoms. The summed E-state index contributed by atoms with van der Waals surface area (Å²) in [5.41, 5.74) is 2.77. The van der Waals surface area contributed by atoms with E-state index in [1.807, 2.05) is 12.1 Å². The summed E-state index contributed by atoms with van der Waals surface area (Å²) < 4.78 is 30.8. The van der Waals surface area contributed by atoms with Crippen LogP contribution >= 0.6 is 0 Å². The Hall–Kier alpha value is -1.17. The SMILES string of the molecule is CC(C)(C)N1CCC(=Cc2ccc(S(=O)(=O)C3CCOCC3)cc2)CC1. The second-order valence-corrected chi connectivity index (χ2v) is 10.6. The van der Waals surface area contributed by atoms with Crippen LogP contribution in [0.15, 0.2) is 34.7 Å². The van der Waals surface area contributed by atoms with E-state index in [1.165, 1.54) is 5.57 Å². The molecular formula is C21H31NO3S. The Bertz CT molecular complexity index is 728. The van der Waals surface area contributed by atoms with Crippen LogP contribution in [0.5, 0.6) is 0 Å². The van der Waals surface area contributed by atoms with Crippen LogP contribution in [0.4, 0.5) is 0 Å². The largest absolute Gasteiger partial charge is 0.381 e. The molecule has 3 rings (SSSR count). The van der Waals surface area contributed by atoms with Gasteiger partial charge in [-0.2, -0.15) is 0 Å². The van der Waals surface area contributed by atoms with Crippen LogP contribution in [-0.4, -0.2) is 50.4 Å². The van der Waals surface area contributed by atoms with E-state index in [0.29, 0.717) is 31.0 Å². The lowest BCUT2D eigenvalue weighted by atomic mass is 9.96. The van der Waals surface area contributed by atoms with Crippen LogP contribution in [0.2, 0.25) is 0 Å². The van der Waals surface area contributed by atoms with Crippen molar-refractivity contribution in [3.05, 3.63) is 35.4 Å². The summed E-state index contributed by atoms with van der Waals surface area (Å²) in [6.45, 7) is 10.0. The molecule has 0 bridgehead atoms. The molecule has 144 valence electrons. The summed E-state index contributed by atoms with van der Waals surface area (Å²) >= 11 is 0. The van der Waals surface area contributed by atoms with Crippen molar-refractivity contribution in [2.75, 3.05) is 26.3 Å². The maximum atomic E-state index is 12.7. The average Bonchev–Trinajstić information content (AvgIpc) is 2.63. The summed E-state index contributed by atoms with van der Waals surface area (Å²) in [4.78, 5) is 2.96. The van der Waals surface area contributed by atoms with E-state index in [1.54, 1.807) is 12.1 Å². The first-order chi connectivity index (χ1) is 12.3. The van der Waals surface area contributed by atoms with E-state index in [0.717, 1.165) is 31.5 Å². The monoisotopic (exact) mass is 377 g/mol. The molecule has 0 N–H and O–H groups in total. The minimum atomic E-state index is -3.24. The number of ether oxygens (including phenoxy) is 1. The van der Waals surface area contributed by atoms with Crippen LogP contribution in [0.3, 0.4) is 0 Å². The summed E-state index contributed by atoms with van der Waals surface area (Å²) in [5, 5.41) is -0.304. The first-order valence-electron chi connectivity index (χ1n) is 9.63. The van der Waals surface area contributed by atoms with Crippen LogP contribution < -0.4 is 0 Å². The maximum Gasteiger partial charge on any atom is 0.181 e. The van der Waals surface area contributed by atoms with Crippen molar-refractivity contribution in [3.8, 4) is 0 Å². The fourth-order valence-corrected chi connectivity index (χ4v) is 5.49. The van der Waals surface area contributed by atoms with Gasteiger partial charge in [0.15, 0.2) is 9.84 Å². The number of hydrogen-bond acceptors (Lipinski definition) is 4. The Kier molecular flexibility index (Phi) is 5.90. The van der Waals surface area contributed by atoms with Gasteiger partial charge in [-0.15, -0.1) is 0 Å². The predicted octanol–water partition coefficient (Wildman–Crippen LogP) is 3.92. The van der Waals surface area contributed by atoms with Gasteiger partial charge in [0.25, 0.3) is 0 Å². The molecule has 0 aliphatic carbocycles. The van der Waals surface area contributed by atoms with Gasteiger partial charge in [-0.1, -0.05) is 23.8 Å². The highest BCUT2D eigenvalue weighted by Crippen LogP contribution is 2.27. The van der Waals surface area contributed by atoms with Crippen LogP contribution in [-0.2, 0) is 14.6 Å². The van der Waals surface area contributed by atoms with Gasteiger partial charge >= 0.3 is 0 Å². The van der Waals surface area contributed by atoms with Crippen molar-refractivity contribution >= 4 is 15.9 Å². The highest BCUT2D eigenvalue weighted by molar-refractivity contribution is 7.92. The van der Waals surface area contributed by atoms with Gasteiger partial charge < -0.3 is 4.74 Å². The van der Waals surface area contributed by atoms with Crippen molar-refractivity contribution in [2.24, 2.45) is 0 Å². The number of nitrogens with zero attached hydrogens (tertiary/aromatic N) is 1. The zero-order valence-electron chi connectivity index (χ0n) is 16.2. The number of hydrogen-bond donors (Lipinski definition) is 0. The summed E-state index contributed by atoms with van der Waals surface area (Å²) in [6, 6.07) is 7.41. The molecule has 2 aliphatic heterocycles. The molecule has 2 aliphatic rings. The molecule has 2 heterocycles. The highest BCUT2D eigenvalue weighted by Gasteiger charge is 2.29. The summed E-state index contributed by atoms with van der Waals surface area (Å²) in [5.74, 6) is 0. The molecule has 1 aromatic carbocycles. The van der Waals surface area contributed by atoms with Gasteiger partial charge in [0.1, 0.15) is 0 Å². The van der Waals surface area contributed by atoms with Gasteiger partial charge in [-0.05, 0) is 64.2 Å². The molecule has 0 spiro atoms. The minimum Gasteiger partial charge on any atom is -0.381 e. The number of sulfone groups is 1. The van der Waals surface area contributed by atoms with Gasteiger partial charge in [-0.3, -0.25) is 4.90 Å². The van der Waals surface area contributed by atoms with Crippen molar-refractivity contribution in [2.45, 2.75) is 62.1 Å². The third kappa shape index (κ3) is 4.56. The molecule has 0 aromatic heterocycles. The highest BCUT2D eigenvalue weighted by atomic mass is 32.2. The van der Waals surface area contributed by atoms with Gasteiger partial charge in [0.2, 0.25) is 0 Å². The van der Waals surface area contributed by atoms with Gasteiger partial charge in [-0.25, -0.2) is 8.42 Å². The van der Waals surface area contributed by atoms with Crippen LogP contribution in [0.1, 0.15) is 52.0 Å². The minimum absolute atomic E-state index is 0.228. The summed E-state index contributed by atoms with van der Waals surface area (Å²) in [7, 11) is -3.24. The lowest BCUT2D eigenvalue weighted by Crippen LogP contribution is -2.44. The maximum absolute atomic E-state index is 12.7. The number of piperidine rings is 1. The smallest absolute Gasteiger partial charge is 0.181 e. The molecule has 0 atom stereocenters. The van der Waals surface area contributed by atoms with Crippen molar-refractivity contribution < 1.29 is 13.2 Å². The third-order valence-electron chi connectivity index (χ3n) is 5.54. The van der Waals surface area contributed by atoms with E-state index >= 15 is 0 Å². The zero-order valence-corrected chi connectivity index (χ0v) is 17.0. The van der Waals surface area contributed by atoms with Gasteiger partial charge in [0.05, 0.1) is 10.1 Å². The van der Waals surface area contributed by atoms with E-state index in [-0.39, 0.29) is 10.8 Å². The second kappa shape index (κ2) is 7.83. The first kappa shape index (κ1) is 19.6. The molecule has 0 radical (unpaired) electrons. The van der Waals surface area contributed by atoms with Gasteiger partial charge in [0, 0.05) is 31.8 Å². The average molecular weight is 378 g/mol. The van der Waals surface area contributed by atoms with Crippen molar-refractivity contribution in [1.82, 2.24) is 4.90 Å². The quantitative estimate of drug-likeness (QED) is 0.801. The molecular weight excluding hydrogens is 346 g/mol. The van der Waals surface area contributed by atoms with E-state index in [9.17, 15) is 8.42 Å². The molecule has 0 saturated carbocycles. The molecule has 2 saturated heterocycles. The standard InChI is InChI=1S/C21H31NO3S/c1-21(2,3)22-12-8-18(9-13-22)16-17-4-6-19(7-5-17)26(23,24)20-10-14-25-15-11-20/h4-7,16,20H,8-15H2,1-3H3. The fraction of sp³-hybridized carbons (Fsp3) is 0.619. The molecule has 1 aromatic rings. The Morgan fingerprint density at radius 2 is 1.62 bits per heavy atom. The molecule has 0 unspecified atom stereocenters. The Morgan fingerprint density at radius 1 is 1.04 bits per heavy atom. The molecule has 2 fully saturated rings. The molecule has 0 amide bonds. The third-order valence-corrected chi connectivity index (χ3v) is 7.82. The lowest BCUT2D eigenvalue weighted by molar-refractivity contribution is 0.0983. The van der Waals surface area contributed by atoms with E-state index < -0.39 is 9.84 Å². The predicted molar refractivity (Wildman–Crippen MR) is 106 cm³/mol. The lowest BCUT2D eigenvalue weighted by Gasteiger charge is -2.39. The Labute approximate surface area is 158 Å². The van der Waals surface area contributed by atoms with Crippen molar-refractivity contribution in [1.29, 1.82) is 0 Å². The van der Waals surface area contributed by atoms with E-state index in [2.05, 4.69) is 31.7 Å². The summed E-state index contributed by atoms with van der Waals surface area (Å²) in [6.07, 6.45) is 5.58. The zero-order chi connectivity index (χ0) is 18.8. The van der Waals surface area contributed by atoms with Crippen LogP contribution in [0, 0.1) is 0 Å². The molecule has 26 heavy (non-hydrogen) atoms. The second-order valence-electron chi connectivity index (χ2n) is 8.39. The van der Waals surface area contributed by atoms with Crippen molar-refractivity contribution in [3.63, 3.8) is 0 Å². The first-order valence-corrected chi connectivity index (χ1v) is 11.2. The Morgan fingerprint density at radius 3 is 2.15 bits per heavy atom. The van der Waals surface area contributed by atoms with Crippen LogP contribution in [0.25, 0.3) is 6.08 Å². The topological polar surface area (TPSA) is 46.6 Å². The number of benzene rings is 1. The van der Waals surface area contributed by atoms with E-state index in [4.69, 9.17) is 4.74 Å².